The molecule has 2 aromatic rings. The number of aryl methyl sites for hydroxylation is 1. The van der Waals surface area contributed by atoms with Crippen molar-refractivity contribution in [3.8, 4) is 5.75 Å². The molecule has 0 aliphatic heterocycles. The zero-order valence-corrected chi connectivity index (χ0v) is 10.9. The van der Waals surface area contributed by atoms with E-state index in [-0.39, 0.29) is 6.04 Å². The van der Waals surface area contributed by atoms with Crippen LogP contribution in [0.25, 0.3) is 0 Å². The van der Waals surface area contributed by atoms with Crippen LogP contribution in [0, 0.1) is 6.92 Å². The zero-order valence-electron chi connectivity index (χ0n) is 10.9. The fourth-order valence-corrected chi connectivity index (χ4v) is 1.95. The van der Waals surface area contributed by atoms with Crippen molar-refractivity contribution < 1.29 is 4.74 Å². The Bertz CT molecular complexity index is 520. The van der Waals surface area contributed by atoms with Gasteiger partial charge in [-0.3, -0.25) is 0 Å². The van der Waals surface area contributed by atoms with E-state index in [1.54, 1.807) is 0 Å². The largest absolute Gasteiger partial charge is 0.489 e. The molecule has 0 spiro atoms. The van der Waals surface area contributed by atoms with Crippen molar-refractivity contribution in [3.05, 3.63) is 65.2 Å². The minimum Gasteiger partial charge on any atom is -0.489 e. The molecule has 0 fully saturated rings. The van der Waals surface area contributed by atoms with Crippen LogP contribution in [-0.2, 0) is 6.61 Å². The highest BCUT2D eigenvalue weighted by atomic mass is 16.5. The van der Waals surface area contributed by atoms with Crippen LogP contribution >= 0.6 is 0 Å². The van der Waals surface area contributed by atoms with Gasteiger partial charge in [-0.2, -0.15) is 0 Å². The summed E-state index contributed by atoms with van der Waals surface area (Å²) >= 11 is 0. The van der Waals surface area contributed by atoms with E-state index < -0.39 is 0 Å². The first-order valence-corrected chi connectivity index (χ1v) is 6.19. The highest BCUT2D eigenvalue weighted by Gasteiger charge is 2.07. The van der Waals surface area contributed by atoms with E-state index >= 15 is 0 Å². The van der Waals surface area contributed by atoms with Gasteiger partial charge < -0.3 is 10.5 Å². The van der Waals surface area contributed by atoms with Crippen molar-refractivity contribution in [1.82, 2.24) is 0 Å². The maximum atomic E-state index is 5.93. The molecule has 2 nitrogen and oxygen atoms in total. The summed E-state index contributed by atoms with van der Waals surface area (Å²) in [6.07, 6.45) is 0. The number of hydrogen-bond donors (Lipinski definition) is 1. The lowest BCUT2D eigenvalue weighted by atomic mass is 10.1. The van der Waals surface area contributed by atoms with Gasteiger partial charge in [0.15, 0.2) is 0 Å². The molecule has 0 amide bonds. The summed E-state index contributed by atoms with van der Waals surface area (Å²) in [5.74, 6) is 0.869. The van der Waals surface area contributed by atoms with Crippen LogP contribution in [0.5, 0.6) is 5.75 Å². The van der Waals surface area contributed by atoms with Crippen LogP contribution in [0.15, 0.2) is 48.5 Å². The van der Waals surface area contributed by atoms with E-state index in [0.717, 1.165) is 11.3 Å². The Morgan fingerprint density at radius 3 is 2.61 bits per heavy atom. The van der Waals surface area contributed by atoms with Gasteiger partial charge in [0, 0.05) is 11.6 Å². The molecule has 0 saturated carbocycles. The van der Waals surface area contributed by atoms with E-state index in [2.05, 4.69) is 25.1 Å². The molecule has 94 valence electrons. The molecule has 0 radical (unpaired) electrons. The molecule has 0 bridgehead atoms. The Morgan fingerprint density at radius 1 is 1.11 bits per heavy atom. The Balaban J connectivity index is 2.11. The molecule has 0 aliphatic rings. The van der Waals surface area contributed by atoms with E-state index in [0.29, 0.717) is 6.61 Å². The van der Waals surface area contributed by atoms with Crippen LogP contribution in [0.2, 0.25) is 0 Å². The van der Waals surface area contributed by atoms with Crippen LogP contribution in [0.4, 0.5) is 0 Å². The summed E-state index contributed by atoms with van der Waals surface area (Å²) in [5, 5.41) is 0. The SMILES string of the molecule is Cc1cccc(COc2ccccc2[C@H](C)N)c1. The third-order valence-electron chi connectivity index (χ3n) is 2.89. The lowest BCUT2D eigenvalue weighted by molar-refractivity contribution is 0.301. The molecule has 0 heterocycles. The Labute approximate surface area is 108 Å². The molecule has 0 saturated heterocycles. The Morgan fingerprint density at radius 2 is 1.89 bits per heavy atom. The highest BCUT2D eigenvalue weighted by molar-refractivity contribution is 5.35. The number of ether oxygens (including phenoxy) is 1. The molecule has 1 atom stereocenters. The molecule has 2 heteroatoms. The lowest BCUT2D eigenvalue weighted by Crippen LogP contribution is -2.08. The summed E-state index contributed by atoms with van der Waals surface area (Å²) in [6, 6.07) is 16.3. The predicted octanol–water partition coefficient (Wildman–Crippen LogP) is 3.59. The summed E-state index contributed by atoms with van der Waals surface area (Å²) in [7, 11) is 0. The maximum Gasteiger partial charge on any atom is 0.124 e. The van der Waals surface area contributed by atoms with Gasteiger partial charge in [-0.05, 0) is 25.5 Å². The molecular formula is C16H19NO. The molecular weight excluding hydrogens is 222 g/mol. The van der Waals surface area contributed by atoms with E-state index in [4.69, 9.17) is 10.5 Å². The maximum absolute atomic E-state index is 5.93. The van der Waals surface area contributed by atoms with Crippen molar-refractivity contribution in [3.63, 3.8) is 0 Å². The minimum atomic E-state index is -0.0151. The van der Waals surface area contributed by atoms with Gasteiger partial charge in [-0.25, -0.2) is 0 Å². The first-order valence-electron chi connectivity index (χ1n) is 6.19. The minimum absolute atomic E-state index is 0.0151. The van der Waals surface area contributed by atoms with Crippen molar-refractivity contribution >= 4 is 0 Å². The van der Waals surface area contributed by atoms with Gasteiger partial charge in [0.25, 0.3) is 0 Å². The van der Waals surface area contributed by atoms with Crippen LogP contribution in [0.3, 0.4) is 0 Å². The van der Waals surface area contributed by atoms with E-state index in [1.807, 2.05) is 37.3 Å². The fraction of sp³-hybridized carbons (Fsp3) is 0.250. The van der Waals surface area contributed by atoms with Gasteiger partial charge in [0.2, 0.25) is 0 Å². The highest BCUT2D eigenvalue weighted by Crippen LogP contribution is 2.24. The molecule has 0 aliphatic carbocycles. The van der Waals surface area contributed by atoms with Gasteiger partial charge in [-0.1, -0.05) is 48.0 Å². The van der Waals surface area contributed by atoms with Crippen molar-refractivity contribution in [2.24, 2.45) is 5.73 Å². The predicted molar refractivity (Wildman–Crippen MR) is 74.6 cm³/mol. The van der Waals surface area contributed by atoms with Gasteiger partial charge >= 0.3 is 0 Å². The first kappa shape index (κ1) is 12.7. The zero-order chi connectivity index (χ0) is 13.0. The molecule has 2 aromatic carbocycles. The second-order valence-corrected chi connectivity index (χ2v) is 4.60. The first-order chi connectivity index (χ1) is 8.66. The number of benzene rings is 2. The number of nitrogens with two attached hydrogens (primary N) is 1. The normalized spacial score (nSPS) is 12.2. The molecule has 2 N–H and O–H groups in total. The smallest absolute Gasteiger partial charge is 0.124 e. The third kappa shape index (κ3) is 3.11. The van der Waals surface area contributed by atoms with Gasteiger partial charge in [-0.15, -0.1) is 0 Å². The second-order valence-electron chi connectivity index (χ2n) is 4.60. The number of para-hydroxylation sites is 1. The van der Waals surface area contributed by atoms with E-state index in [9.17, 15) is 0 Å². The summed E-state index contributed by atoms with van der Waals surface area (Å²) in [6.45, 7) is 4.62. The molecule has 0 aromatic heterocycles. The number of rotatable bonds is 4. The van der Waals surface area contributed by atoms with Crippen molar-refractivity contribution in [2.75, 3.05) is 0 Å². The van der Waals surface area contributed by atoms with Crippen LogP contribution in [-0.4, -0.2) is 0 Å². The second kappa shape index (κ2) is 5.69. The summed E-state index contributed by atoms with van der Waals surface area (Å²) in [4.78, 5) is 0. The quantitative estimate of drug-likeness (QED) is 0.887. The average molecular weight is 241 g/mol. The lowest BCUT2D eigenvalue weighted by Gasteiger charge is -2.14. The van der Waals surface area contributed by atoms with Crippen LogP contribution in [0.1, 0.15) is 29.7 Å². The Kier molecular flexibility index (Phi) is 4.00. The number of hydrogen-bond acceptors (Lipinski definition) is 2. The fourth-order valence-electron chi connectivity index (χ4n) is 1.95. The molecule has 0 unspecified atom stereocenters. The topological polar surface area (TPSA) is 35.2 Å². The molecule has 2 rings (SSSR count). The van der Waals surface area contributed by atoms with Crippen LogP contribution < -0.4 is 10.5 Å². The summed E-state index contributed by atoms with van der Waals surface area (Å²) in [5.41, 5.74) is 9.40. The average Bonchev–Trinajstić information content (AvgIpc) is 2.37. The van der Waals surface area contributed by atoms with Gasteiger partial charge in [0.1, 0.15) is 12.4 Å². The van der Waals surface area contributed by atoms with Crippen molar-refractivity contribution in [1.29, 1.82) is 0 Å². The van der Waals surface area contributed by atoms with E-state index in [1.165, 1.54) is 11.1 Å². The summed E-state index contributed by atoms with van der Waals surface area (Å²) < 4.78 is 5.86. The van der Waals surface area contributed by atoms with Gasteiger partial charge in [0.05, 0.1) is 0 Å². The molecule has 18 heavy (non-hydrogen) atoms. The third-order valence-corrected chi connectivity index (χ3v) is 2.89. The monoisotopic (exact) mass is 241 g/mol. The van der Waals surface area contributed by atoms with Crippen molar-refractivity contribution in [2.45, 2.75) is 26.5 Å². The standard InChI is InChI=1S/C16H19NO/c1-12-6-5-7-14(10-12)11-18-16-9-4-3-8-15(16)13(2)17/h3-10,13H,11,17H2,1-2H3/t13-/m0/s1. The Hall–Kier alpha value is -1.80.